The zero-order valence-electron chi connectivity index (χ0n) is 41.3. The first-order valence-electron chi connectivity index (χ1n) is 24.3. The molecule has 2 saturated heterocycles. The van der Waals surface area contributed by atoms with Crippen LogP contribution < -0.4 is 0 Å². The van der Waals surface area contributed by atoms with E-state index in [-0.39, 0.29) is 55.4 Å². The molecule has 3 heterocycles. The number of aldehydes is 1. The van der Waals surface area contributed by atoms with Gasteiger partial charge >= 0.3 is 5.97 Å². The molecule has 2 bridgehead atoms. The number of piperidine rings is 1. The Hall–Kier alpha value is -3.37. The lowest BCUT2D eigenvalue weighted by atomic mass is 9.77. The van der Waals surface area contributed by atoms with E-state index in [0.717, 1.165) is 18.3 Å². The first kappa shape index (κ1) is 55.2. The SMILES string of the molecule is CO[C@H]1C[C@@H]2CC[C@@H](C)[C@@](O)(O2)C(=O)C(=O)N2CCCC[C@H]2C(=O)O[C@H]([C@H](C)C[C@@H]2CC[C@@H](O)[C@H](OC)C2)CC[C@](C)(C=O)/C=C(\C)[C@@H](O)[C@@H](OC)C(=O)[C@H](C)C[C@H](C)/C=C/C=C/C=C/1C. The number of carbonyl (C=O) groups is 5. The van der Waals surface area contributed by atoms with Crippen molar-refractivity contribution in [1.29, 1.82) is 0 Å². The van der Waals surface area contributed by atoms with Crippen LogP contribution in [0.25, 0.3) is 0 Å². The van der Waals surface area contributed by atoms with Crippen molar-refractivity contribution >= 4 is 29.7 Å². The number of amides is 1. The fraction of sp³-hybridized carbons (Fsp3) is 0.750. The Morgan fingerprint density at radius 1 is 0.879 bits per heavy atom. The molecule has 1 amide bonds. The first-order chi connectivity index (χ1) is 31.2. The maximum Gasteiger partial charge on any atom is 0.329 e. The Morgan fingerprint density at radius 3 is 2.27 bits per heavy atom. The summed E-state index contributed by atoms with van der Waals surface area (Å²) >= 11 is 0. The third-order valence-electron chi connectivity index (χ3n) is 14.9. The summed E-state index contributed by atoms with van der Waals surface area (Å²) < 4.78 is 29.6. The fourth-order valence-corrected chi connectivity index (χ4v) is 10.5. The number of ether oxygens (including phenoxy) is 5. The van der Waals surface area contributed by atoms with Gasteiger partial charge in [0.05, 0.1) is 24.4 Å². The minimum Gasteiger partial charge on any atom is -0.461 e. The lowest BCUT2D eigenvalue weighted by Crippen LogP contribution is -2.61. The second-order valence-corrected chi connectivity index (χ2v) is 20.3. The fourth-order valence-electron chi connectivity index (χ4n) is 10.5. The monoisotopic (exact) mass is 928 g/mol. The lowest BCUT2D eigenvalue weighted by molar-refractivity contribution is -0.265. The normalized spacial score (nSPS) is 41.0. The van der Waals surface area contributed by atoms with Crippen molar-refractivity contribution in [3.63, 3.8) is 0 Å². The number of Topliss-reactive ketones (excluding diaryl/α,β-unsaturated/α-hetero) is 2. The predicted octanol–water partition coefficient (Wildman–Crippen LogP) is 6.57. The molecule has 0 aromatic carbocycles. The van der Waals surface area contributed by atoms with Crippen LogP contribution in [0.4, 0.5) is 0 Å². The molecular formula is C52H81NO13. The zero-order chi connectivity index (χ0) is 48.9. The summed E-state index contributed by atoms with van der Waals surface area (Å²) in [6.45, 7) is 12.9. The summed E-state index contributed by atoms with van der Waals surface area (Å²) in [6, 6.07) is -1.10. The smallest absolute Gasteiger partial charge is 0.329 e. The van der Waals surface area contributed by atoms with Gasteiger partial charge in [0.2, 0.25) is 5.79 Å². The number of fused-ring (bicyclic) bond motifs is 3. The second-order valence-electron chi connectivity index (χ2n) is 20.3. The van der Waals surface area contributed by atoms with Crippen LogP contribution in [-0.2, 0) is 47.7 Å². The van der Waals surface area contributed by atoms with Crippen LogP contribution >= 0.6 is 0 Å². The Labute approximate surface area is 393 Å². The van der Waals surface area contributed by atoms with Gasteiger partial charge in [-0.25, -0.2) is 4.79 Å². The van der Waals surface area contributed by atoms with Gasteiger partial charge in [-0.2, -0.15) is 0 Å². The molecule has 0 radical (unpaired) electrons. The van der Waals surface area contributed by atoms with E-state index in [4.69, 9.17) is 23.7 Å². The molecule has 0 aromatic heterocycles. The average Bonchev–Trinajstić information content (AvgIpc) is 3.30. The Kier molecular flexibility index (Phi) is 21.2. The van der Waals surface area contributed by atoms with Crippen LogP contribution in [0.2, 0.25) is 0 Å². The topological polar surface area (TPSA) is 195 Å². The molecule has 372 valence electrons. The number of nitrogens with zero attached hydrogens (tertiary/aromatic N) is 1. The van der Waals surface area contributed by atoms with Gasteiger partial charge in [0.25, 0.3) is 11.7 Å². The molecule has 15 atom stereocenters. The maximum atomic E-state index is 14.4. The standard InChI is InChI=1S/C52H81NO13/c1-32-16-12-11-13-17-33(2)43(62-8)29-39-21-19-37(6)52(61,66-39)48(58)49(59)53-25-15-14-18-40(53)50(60)65-42(34(3)27-38-20-22-41(55)44(28-38)63-9)23-24-51(7,31-54)30-36(5)46(57)47(64-10)45(56)35(4)26-32/h11-13,16-17,30-32,34-35,37-44,46-47,55,57,61H,14-15,18-29H2,1-10H3/b13-11+,16-12+,33-17+,36-30+/t32-,34-,35-,37-,38+,39+,40+,41-,42+,43+,44-,46-,47+,51+,52-/m1/s1. The van der Waals surface area contributed by atoms with Crippen molar-refractivity contribution in [2.24, 2.45) is 35.0 Å². The highest BCUT2D eigenvalue weighted by Crippen LogP contribution is 2.38. The van der Waals surface area contributed by atoms with Gasteiger partial charge in [0.15, 0.2) is 5.78 Å². The van der Waals surface area contributed by atoms with E-state index in [2.05, 4.69) is 0 Å². The number of ketones is 2. The summed E-state index contributed by atoms with van der Waals surface area (Å²) in [5, 5.41) is 34.0. The molecule has 3 N–H and O–H groups in total. The van der Waals surface area contributed by atoms with E-state index in [1.54, 1.807) is 41.1 Å². The summed E-state index contributed by atoms with van der Waals surface area (Å²) in [5.41, 5.74) is 0.122. The van der Waals surface area contributed by atoms with Gasteiger partial charge in [0, 0.05) is 51.5 Å². The van der Waals surface area contributed by atoms with Crippen molar-refractivity contribution in [3.05, 3.63) is 47.6 Å². The number of aliphatic hydroxyl groups excluding tert-OH is 2. The molecule has 14 heteroatoms. The zero-order valence-corrected chi connectivity index (χ0v) is 41.3. The van der Waals surface area contributed by atoms with Crippen LogP contribution in [-0.4, -0.2) is 132 Å². The minimum atomic E-state index is -2.42. The van der Waals surface area contributed by atoms with Gasteiger partial charge in [-0.3, -0.25) is 14.4 Å². The molecule has 4 rings (SSSR count). The molecular weight excluding hydrogens is 847 g/mol. The Morgan fingerprint density at radius 2 is 1.61 bits per heavy atom. The third-order valence-corrected chi connectivity index (χ3v) is 14.9. The quantitative estimate of drug-likeness (QED) is 0.108. The lowest BCUT2D eigenvalue weighted by Gasteiger charge is -2.42. The second kappa shape index (κ2) is 25.3. The van der Waals surface area contributed by atoms with Crippen molar-refractivity contribution in [1.82, 2.24) is 4.90 Å². The highest BCUT2D eigenvalue weighted by Gasteiger charge is 2.53. The summed E-state index contributed by atoms with van der Waals surface area (Å²) in [7, 11) is 4.54. The molecule has 14 nitrogen and oxygen atoms in total. The van der Waals surface area contributed by atoms with E-state index in [0.29, 0.717) is 63.4 Å². The highest BCUT2D eigenvalue weighted by atomic mass is 16.6. The largest absolute Gasteiger partial charge is 0.461 e. The van der Waals surface area contributed by atoms with Crippen molar-refractivity contribution < 1.29 is 63.0 Å². The summed E-state index contributed by atoms with van der Waals surface area (Å²) in [4.78, 5) is 70.9. The minimum absolute atomic E-state index is 0.0153. The van der Waals surface area contributed by atoms with E-state index < -0.39 is 83.4 Å². The van der Waals surface area contributed by atoms with Gasteiger partial charge in [-0.05, 0) is 127 Å². The van der Waals surface area contributed by atoms with E-state index in [1.807, 2.05) is 58.1 Å². The maximum absolute atomic E-state index is 14.4. The van der Waals surface area contributed by atoms with Gasteiger partial charge in [-0.1, -0.05) is 64.2 Å². The Balaban J connectivity index is 1.72. The molecule has 0 unspecified atom stereocenters. The summed E-state index contributed by atoms with van der Waals surface area (Å²) in [6.07, 6.45) is 13.1. The van der Waals surface area contributed by atoms with Crippen LogP contribution in [0.1, 0.15) is 132 Å². The number of esters is 1. The number of carbonyl (C=O) groups excluding carboxylic acids is 5. The predicted molar refractivity (Wildman–Crippen MR) is 250 cm³/mol. The molecule has 0 spiro atoms. The van der Waals surface area contributed by atoms with Gasteiger partial charge < -0.3 is 48.7 Å². The van der Waals surface area contributed by atoms with Crippen LogP contribution in [0.5, 0.6) is 0 Å². The van der Waals surface area contributed by atoms with E-state index in [9.17, 15) is 39.3 Å². The molecule has 3 aliphatic heterocycles. The first-order valence-corrected chi connectivity index (χ1v) is 24.3. The molecule has 1 saturated carbocycles. The van der Waals surface area contributed by atoms with Crippen LogP contribution in [0.3, 0.4) is 0 Å². The third kappa shape index (κ3) is 14.3. The molecule has 66 heavy (non-hydrogen) atoms. The van der Waals surface area contributed by atoms with E-state index in [1.165, 1.54) is 12.0 Å². The number of aliphatic hydroxyl groups is 3. The number of cyclic esters (lactones) is 1. The van der Waals surface area contributed by atoms with Crippen molar-refractivity contribution in [3.8, 4) is 0 Å². The molecule has 3 fully saturated rings. The molecule has 1 aliphatic carbocycles. The van der Waals surface area contributed by atoms with Crippen LogP contribution in [0.15, 0.2) is 47.6 Å². The van der Waals surface area contributed by atoms with Gasteiger partial charge in [-0.15, -0.1) is 0 Å². The number of hydrogen-bond donors (Lipinski definition) is 3. The number of methoxy groups -OCH3 is 3. The molecule has 0 aromatic rings. The van der Waals surface area contributed by atoms with Crippen LogP contribution in [0, 0.1) is 35.0 Å². The van der Waals surface area contributed by atoms with Crippen molar-refractivity contribution in [2.45, 2.75) is 186 Å². The molecule has 4 aliphatic rings. The highest BCUT2D eigenvalue weighted by molar-refractivity contribution is 6.39. The number of hydrogen-bond acceptors (Lipinski definition) is 13. The Bertz CT molecular complexity index is 1770. The van der Waals surface area contributed by atoms with Gasteiger partial charge in [0.1, 0.15) is 30.6 Å². The van der Waals surface area contributed by atoms with Crippen molar-refractivity contribution in [2.75, 3.05) is 27.9 Å². The summed E-state index contributed by atoms with van der Waals surface area (Å²) in [5.74, 6) is -6.68. The number of rotatable bonds is 7. The van der Waals surface area contributed by atoms with E-state index >= 15 is 0 Å². The average molecular weight is 928 g/mol. The number of allylic oxidation sites excluding steroid dienone is 6.